The van der Waals surface area contributed by atoms with Crippen LogP contribution >= 0.6 is 0 Å². The second-order valence-corrected chi connectivity index (χ2v) is 7.01. The molecular weight excluding hydrogens is 334 g/mol. The quantitative estimate of drug-likeness (QED) is 0.371. The summed E-state index contributed by atoms with van der Waals surface area (Å²) in [4.78, 5) is 15.7. The van der Waals surface area contributed by atoms with Crippen molar-refractivity contribution < 1.29 is 14.1 Å². The first-order valence-corrected chi connectivity index (χ1v) is 9.15. The molecule has 0 aliphatic heterocycles. The minimum Gasteiger partial charge on any atom is -0.444 e. The molecule has 0 atom stereocenters. The largest absolute Gasteiger partial charge is 0.444 e. The highest BCUT2D eigenvalue weighted by Crippen LogP contribution is 2.22. The highest BCUT2D eigenvalue weighted by molar-refractivity contribution is 5.79. The van der Waals surface area contributed by atoms with Gasteiger partial charge < -0.3 is 25.2 Å². The van der Waals surface area contributed by atoms with Crippen LogP contribution in [0, 0.1) is 0 Å². The van der Waals surface area contributed by atoms with E-state index >= 15 is 0 Å². The van der Waals surface area contributed by atoms with Crippen LogP contribution in [0.4, 0.5) is 4.79 Å². The highest BCUT2D eigenvalue weighted by atomic mass is 16.6. The zero-order valence-electron chi connectivity index (χ0n) is 16.8. The molecule has 0 aromatic carbocycles. The van der Waals surface area contributed by atoms with Gasteiger partial charge in [0.15, 0.2) is 11.7 Å². The van der Waals surface area contributed by atoms with Gasteiger partial charge in [0.25, 0.3) is 0 Å². The number of hydrogen-bond acceptors (Lipinski definition) is 5. The number of aliphatic imine (C=N–C) groups is 1. The molecule has 0 bridgehead atoms. The second kappa shape index (κ2) is 10.7. The van der Waals surface area contributed by atoms with Gasteiger partial charge in [-0.15, -0.1) is 0 Å². The molecule has 0 fully saturated rings. The number of nitrogens with zero attached hydrogens (tertiary/aromatic N) is 2. The number of aromatic nitrogens is 1. The number of guanidine groups is 1. The maximum Gasteiger partial charge on any atom is 0.407 e. The third-order valence-electron chi connectivity index (χ3n) is 3.72. The van der Waals surface area contributed by atoms with E-state index in [2.05, 4.69) is 39.9 Å². The molecule has 3 N–H and O–H groups in total. The lowest BCUT2D eigenvalue weighted by Crippen LogP contribution is -2.42. The lowest BCUT2D eigenvalue weighted by molar-refractivity contribution is 0.0529. The summed E-state index contributed by atoms with van der Waals surface area (Å²) in [6, 6.07) is 1.99. The Morgan fingerprint density at radius 3 is 2.46 bits per heavy atom. The maximum absolute atomic E-state index is 11.6. The molecule has 0 spiro atoms. The van der Waals surface area contributed by atoms with E-state index < -0.39 is 11.7 Å². The summed E-state index contributed by atoms with van der Waals surface area (Å²) in [5.41, 5.74) is 0.496. The summed E-state index contributed by atoms with van der Waals surface area (Å²) in [5.74, 6) is 1.82. The molecule has 8 nitrogen and oxygen atoms in total. The first-order valence-electron chi connectivity index (χ1n) is 9.15. The van der Waals surface area contributed by atoms with Gasteiger partial charge in [0.2, 0.25) is 0 Å². The van der Waals surface area contributed by atoms with Crippen molar-refractivity contribution in [3.05, 3.63) is 17.5 Å². The molecule has 0 unspecified atom stereocenters. The van der Waals surface area contributed by atoms with Gasteiger partial charge >= 0.3 is 6.09 Å². The van der Waals surface area contributed by atoms with Gasteiger partial charge in [-0.25, -0.2) is 4.79 Å². The Balaban J connectivity index is 2.32. The first kappa shape index (κ1) is 21.8. The van der Waals surface area contributed by atoms with Gasteiger partial charge in [-0.05, 0) is 33.6 Å². The van der Waals surface area contributed by atoms with Crippen molar-refractivity contribution in [2.75, 3.05) is 20.1 Å². The summed E-state index contributed by atoms with van der Waals surface area (Å²) in [6.45, 7) is 11.2. The van der Waals surface area contributed by atoms with Crippen molar-refractivity contribution in [1.82, 2.24) is 21.1 Å². The summed E-state index contributed by atoms with van der Waals surface area (Å²) < 4.78 is 10.6. The van der Waals surface area contributed by atoms with Crippen molar-refractivity contribution in [2.24, 2.45) is 4.99 Å². The number of ether oxygens (including phenoxy) is 1. The molecule has 0 saturated carbocycles. The average Bonchev–Trinajstić information content (AvgIpc) is 3.02. The van der Waals surface area contributed by atoms with E-state index in [0.717, 1.165) is 24.3 Å². The number of carbonyl (C=O) groups excluding carboxylic acids is 1. The molecule has 0 aliphatic rings. The fourth-order valence-corrected chi connectivity index (χ4v) is 2.36. The van der Waals surface area contributed by atoms with Crippen LogP contribution in [0.1, 0.15) is 64.8 Å². The standard InChI is InChI=1S/C18H33N5O3/c1-7-13(8-2)15-11-14(26-23-15)12-22-16(19-6)20-9-10-21-17(24)25-18(3,4)5/h11,13H,7-10,12H2,1-6H3,(H,21,24)(H2,19,20,22). The van der Waals surface area contributed by atoms with Gasteiger partial charge in [-0.3, -0.25) is 4.99 Å². The van der Waals surface area contributed by atoms with Crippen molar-refractivity contribution in [2.45, 2.75) is 65.5 Å². The zero-order valence-corrected chi connectivity index (χ0v) is 16.8. The molecule has 148 valence electrons. The van der Waals surface area contributed by atoms with E-state index in [1.165, 1.54) is 0 Å². The summed E-state index contributed by atoms with van der Waals surface area (Å²) >= 11 is 0. The molecular formula is C18H33N5O3. The monoisotopic (exact) mass is 367 g/mol. The second-order valence-electron chi connectivity index (χ2n) is 7.01. The number of rotatable bonds is 8. The van der Waals surface area contributed by atoms with E-state index in [4.69, 9.17) is 9.26 Å². The van der Waals surface area contributed by atoms with Gasteiger partial charge in [0.05, 0.1) is 12.2 Å². The number of alkyl carbamates (subject to hydrolysis) is 1. The third kappa shape index (κ3) is 8.22. The Hall–Kier alpha value is -2.25. The maximum atomic E-state index is 11.6. The van der Waals surface area contributed by atoms with Crippen LogP contribution < -0.4 is 16.0 Å². The van der Waals surface area contributed by atoms with Crippen molar-refractivity contribution in [1.29, 1.82) is 0 Å². The van der Waals surface area contributed by atoms with Gasteiger partial charge in [-0.1, -0.05) is 19.0 Å². The fraction of sp³-hybridized carbons (Fsp3) is 0.722. The highest BCUT2D eigenvalue weighted by Gasteiger charge is 2.15. The number of hydrogen-bond donors (Lipinski definition) is 3. The molecule has 1 amide bonds. The van der Waals surface area contributed by atoms with E-state index in [0.29, 0.717) is 31.5 Å². The van der Waals surface area contributed by atoms with Gasteiger partial charge in [0, 0.05) is 32.1 Å². The number of nitrogens with one attached hydrogen (secondary N) is 3. The molecule has 1 aromatic rings. The smallest absolute Gasteiger partial charge is 0.407 e. The van der Waals surface area contributed by atoms with Gasteiger partial charge in [0.1, 0.15) is 5.60 Å². The van der Waals surface area contributed by atoms with Crippen LogP contribution in [-0.2, 0) is 11.3 Å². The van der Waals surface area contributed by atoms with Crippen molar-refractivity contribution >= 4 is 12.1 Å². The molecule has 0 radical (unpaired) electrons. The normalized spacial score (nSPS) is 12.2. The van der Waals surface area contributed by atoms with E-state index in [1.54, 1.807) is 7.05 Å². The lowest BCUT2D eigenvalue weighted by Gasteiger charge is -2.19. The Morgan fingerprint density at radius 1 is 1.23 bits per heavy atom. The molecule has 26 heavy (non-hydrogen) atoms. The van der Waals surface area contributed by atoms with E-state index in [1.807, 2.05) is 26.8 Å². The van der Waals surface area contributed by atoms with E-state index in [-0.39, 0.29) is 0 Å². The SMILES string of the molecule is CCC(CC)c1cc(CNC(=NC)NCCNC(=O)OC(C)(C)C)on1. The van der Waals surface area contributed by atoms with Gasteiger partial charge in [-0.2, -0.15) is 0 Å². The van der Waals surface area contributed by atoms with Crippen LogP contribution in [0.5, 0.6) is 0 Å². The van der Waals surface area contributed by atoms with Crippen LogP contribution in [-0.4, -0.2) is 42.9 Å². The Morgan fingerprint density at radius 2 is 1.88 bits per heavy atom. The molecule has 0 aliphatic carbocycles. The van der Waals surface area contributed by atoms with E-state index in [9.17, 15) is 4.79 Å². The molecule has 8 heteroatoms. The van der Waals surface area contributed by atoms with Crippen molar-refractivity contribution in [3.8, 4) is 0 Å². The van der Waals surface area contributed by atoms with Crippen LogP contribution in [0.25, 0.3) is 0 Å². The molecule has 1 rings (SSSR count). The minimum absolute atomic E-state index is 0.427. The third-order valence-corrected chi connectivity index (χ3v) is 3.72. The Kier molecular flexibility index (Phi) is 8.95. The summed E-state index contributed by atoms with van der Waals surface area (Å²) in [5, 5.41) is 13.1. The van der Waals surface area contributed by atoms with Crippen LogP contribution in [0.2, 0.25) is 0 Å². The number of amides is 1. The summed E-state index contributed by atoms with van der Waals surface area (Å²) in [6.07, 6.45) is 1.66. The zero-order chi connectivity index (χ0) is 19.6. The molecule has 1 aromatic heterocycles. The predicted octanol–water partition coefficient (Wildman–Crippen LogP) is 2.77. The lowest BCUT2D eigenvalue weighted by atomic mass is 9.99. The average molecular weight is 367 g/mol. The molecule has 1 heterocycles. The topological polar surface area (TPSA) is 101 Å². The Labute approximate surface area is 156 Å². The van der Waals surface area contributed by atoms with Crippen LogP contribution in [0.15, 0.2) is 15.6 Å². The predicted molar refractivity (Wildman–Crippen MR) is 102 cm³/mol. The summed E-state index contributed by atoms with van der Waals surface area (Å²) in [7, 11) is 1.69. The van der Waals surface area contributed by atoms with Crippen molar-refractivity contribution in [3.63, 3.8) is 0 Å². The molecule has 0 saturated heterocycles. The minimum atomic E-state index is -0.500. The fourth-order valence-electron chi connectivity index (χ4n) is 2.36. The number of carbonyl (C=O) groups is 1. The Bertz CT molecular complexity index is 574. The first-order chi connectivity index (χ1) is 12.3. The van der Waals surface area contributed by atoms with Crippen LogP contribution in [0.3, 0.4) is 0 Å².